The molecular weight excluding hydrogens is 416 g/mol. The van der Waals surface area contributed by atoms with Crippen LogP contribution in [0.3, 0.4) is 0 Å². The van der Waals surface area contributed by atoms with Crippen LogP contribution in [0.4, 0.5) is 0 Å². The Labute approximate surface area is 205 Å². The van der Waals surface area contributed by atoms with E-state index >= 15 is 0 Å². The Balaban J connectivity index is -0.00000138. The van der Waals surface area contributed by atoms with E-state index in [1.807, 2.05) is 96.9 Å². The van der Waals surface area contributed by atoms with Gasteiger partial charge in [0.1, 0.15) is 0 Å². The summed E-state index contributed by atoms with van der Waals surface area (Å²) in [5.74, 6) is 0.0432. The lowest BCUT2D eigenvalue weighted by Crippen LogP contribution is -2.51. The zero-order chi connectivity index (χ0) is 27.0. The Hall–Kier alpha value is -1.63. The molecule has 1 aliphatic heterocycles. The van der Waals surface area contributed by atoms with Gasteiger partial charge in [0.2, 0.25) is 17.7 Å². The average molecular weight is 473 g/mol. The minimum atomic E-state index is -0.512. The van der Waals surface area contributed by atoms with E-state index in [4.69, 9.17) is 0 Å². The number of hydrogen-bond acceptors (Lipinski definition) is 4. The molecule has 33 heavy (non-hydrogen) atoms. The number of rotatable bonds is 7. The molecule has 1 atom stereocenters. The largest absolute Gasteiger partial charge is 0.354 e. The van der Waals surface area contributed by atoms with Crippen LogP contribution >= 0.6 is 0 Å². The summed E-state index contributed by atoms with van der Waals surface area (Å²) in [5.41, 5.74) is -1.38. The molecule has 1 rings (SSSR count). The number of nitrogens with one attached hydrogen (secondary N) is 3. The van der Waals surface area contributed by atoms with Gasteiger partial charge in [0, 0.05) is 49.6 Å². The van der Waals surface area contributed by atoms with Gasteiger partial charge in [0.25, 0.3) is 0 Å². The molecule has 0 aliphatic carbocycles. The van der Waals surface area contributed by atoms with Crippen LogP contribution in [-0.2, 0) is 14.4 Å². The first-order valence-corrected chi connectivity index (χ1v) is 12.8. The van der Waals surface area contributed by atoms with Crippen molar-refractivity contribution < 1.29 is 14.4 Å². The van der Waals surface area contributed by atoms with E-state index in [2.05, 4.69) is 20.9 Å². The van der Waals surface area contributed by atoms with Crippen molar-refractivity contribution in [2.45, 2.75) is 103 Å². The van der Waals surface area contributed by atoms with Crippen molar-refractivity contribution in [3.8, 4) is 0 Å². The number of amides is 3. The second-order valence-corrected chi connectivity index (χ2v) is 10.00. The van der Waals surface area contributed by atoms with E-state index in [-0.39, 0.29) is 23.8 Å². The van der Waals surface area contributed by atoms with E-state index < -0.39 is 16.2 Å². The summed E-state index contributed by atoms with van der Waals surface area (Å²) in [6.07, 6.45) is 0. The van der Waals surface area contributed by atoms with E-state index in [0.29, 0.717) is 32.7 Å². The van der Waals surface area contributed by atoms with Crippen molar-refractivity contribution in [3.05, 3.63) is 0 Å². The summed E-state index contributed by atoms with van der Waals surface area (Å²) < 4.78 is 0. The van der Waals surface area contributed by atoms with Gasteiger partial charge in [-0.1, -0.05) is 83.1 Å². The molecule has 0 radical (unpaired) electrons. The number of hydrogen-bond donors (Lipinski definition) is 3. The van der Waals surface area contributed by atoms with Crippen LogP contribution in [0.1, 0.15) is 96.9 Å². The second kappa shape index (κ2) is 16.9. The third-order valence-electron chi connectivity index (χ3n) is 5.05. The molecule has 1 fully saturated rings. The second-order valence-electron chi connectivity index (χ2n) is 10.00. The number of carbonyl (C=O) groups is 3. The summed E-state index contributed by atoms with van der Waals surface area (Å²) in [6, 6.07) is 0.0167. The predicted octanol–water partition coefficient (Wildman–Crippen LogP) is 4.22. The van der Waals surface area contributed by atoms with Gasteiger partial charge in [0.15, 0.2) is 0 Å². The van der Waals surface area contributed by atoms with Crippen molar-refractivity contribution >= 4 is 17.7 Å². The number of nitrogens with zero attached hydrogens (tertiary/aromatic N) is 1. The maximum Gasteiger partial charge on any atom is 0.227 e. The van der Waals surface area contributed by atoms with Gasteiger partial charge in [-0.15, -0.1) is 0 Å². The molecule has 198 valence electrons. The van der Waals surface area contributed by atoms with Crippen LogP contribution < -0.4 is 16.0 Å². The Morgan fingerprint density at radius 2 is 1.18 bits per heavy atom. The molecule has 0 bridgehead atoms. The molecule has 3 N–H and O–H groups in total. The highest BCUT2D eigenvalue weighted by atomic mass is 16.2. The van der Waals surface area contributed by atoms with Crippen LogP contribution in [0, 0.1) is 16.2 Å². The van der Waals surface area contributed by atoms with Gasteiger partial charge in [0.05, 0.1) is 5.41 Å². The third-order valence-corrected chi connectivity index (χ3v) is 5.05. The highest BCUT2D eigenvalue weighted by molar-refractivity contribution is 5.85. The lowest BCUT2D eigenvalue weighted by atomic mass is 9.86. The van der Waals surface area contributed by atoms with E-state index in [1.165, 1.54) is 0 Å². The first kappa shape index (κ1) is 35.9. The summed E-state index contributed by atoms with van der Waals surface area (Å²) >= 11 is 0. The van der Waals surface area contributed by atoms with Crippen molar-refractivity contribution in [1.29, 1.82) is 0 Å². The van der Waals surface area contributed by atoms with E-state index in [9.17, 15) is 14.4 Å². The molecule has 0 aromatic heterocycles. The van der Waals surface area contributed by atoms with Gasteiger partial charge in [-0.2, -0.15) is 0 Å². The molecule has 0 saturated carbocycles. The Morgan fingerprint density at radius 3 is 1.42 bits per heavy atom. The van der Waals surface area contributed by atoms with Crippen molar-refractivity contribution in [3.63, 3.8) is 0 Å². The molecule has 0 aromatic carbocycles. The van der Waals surface area contributed by atoms with Crippen LogP contribution in [-0.4, -0.2) is 61.4 Å². The smallest absolute Gasteiger partial charge is 0.227 e. The van der Waals surface area contributed by atoms with Gasteiger partial charge in [-0.25, -0.2) is 0 Å². The van der Waals surface area contributed by atoms with Crippen molar-refractivity contribution in [1.82, 2.24) is 20.9 Å². The zero-order valence-corrected chi connectivity index (χ0v) is 24.3. The zero-order valence-electron chi connectivity index (χ0n) is 24.3. The summed E-state index contributed by atoms with van der Waals surface area (Å²) in [4.78, 5) is 38.6. The lowest BCUT2D eigenvalue weighted by Gasteiger charge is -2.35. The van der Waals surface area contributed by atoms with Gasteiger partial charge in [-0.3, -0.25) is 19.3 Å². The van der Waals surface area contributed by atoms with Crippen molar-refractivity contribution in [2.75, 3.05) is 32.7 Å². The van der Waals surface area contributed by atoms with E-state index in [0.717, 1.165) is 0 Å². The normalized spacial score (nSPS) is 16.7. The molecule has 0 aromatic rings. The quantitative estimate of drug-likeness (QED) is 0.517. The Morgan fingerprint density at radius 1 is 0.848 bits per heavy atom. The molecule has 3 amide bonds. The fourth-order valence-electron chi connectivity index (χ4n) is 2.99. The van der Waals surface area contributed by atoms with Gasteiger partial charge < -0.3 is 16.0 Å². The fourth-order valence-corrected chi connectivity index (χ4v) is 2.99. The van der Waals surface area contributed by atoms with Crippen LogP contribution in [0.25, 0.3) is 0 Å². The minimum absolute atomic E-state index is 0.00312. The van der Waals surface area contributed by atoms with Crippen molar-refractivity contribution in [2.24, 2.45) is 16.2 Å². The average Bonchev–Trinajstić information content (AvgIpc) is 3.02. The van der Waals surface area contributed by atoms with Gasteiger partial charge >= 0.3 is 0 Å². The Bertz CT molecular complexity index is 529. The topological polar surface area (TPSA) is 90.5 Å². The first-order valence-electron chi connectivity index (χ1n) is 12.8. The van der Waals surface area contributed by atoms with Gasteiger partial charge in [-0.05, 0) is 13.8 Å². The molecular formula is C26H56N4O3. The first-order chi connectivity index (χ1) is 15.2. The monoisotopic (exact) mass is 472 g/mol. The standard InChI is InChI=1S/C20H38N4O3.3C2H6/c1-18(2,3)15(25)21-9-11-24(12-10-22-16(26)19(4,5)6)14-13-23-17(27)20(14,7)8;3*1-2/h14H,9-13H2,1-8H3,(H,21,25)(H,22,26)(H,23,27);3*1-2H3. The highest BCUT2D eigenvalue weighted by Crippen LogP contribution is 2.29. The van der Waals surface area contributed by atoms with Crippen LogP contribution in [0.2, 0.25) is 0 Å². The molecule has 7 nitrogen and oxygen atoms in total. The highest BCUT2D eigenvalue weighted by Gasteiger charge is 2.45. The number of carbonyl (C=O) groups excluding carboxylic acids is 3. The molecule has 1 unspecified atom stereocenters. The van der Waals surface area contributed by atoms with Crippen LogP contribution in [0.15, 0.2) is 0 Å². The molecule has 7 heteroatoms. The maximum absolute atomic E-state index is 12.2. The predicted molar refractivity (Wildman–Crippen MR) is 141 cm³/mol. The fraction of sp³-hybridized carbons (Fsp3) is 0.885. The molecule has 1 heterocycles. The van der Waals surface area contributed by atoms with E-state index in [1.54, 1.807) is 0 Å². The molecule has 1 saturated heterocycles. The minimum Gasteiger partial charge on any atom is -0.354 e. The third kappa shape index (κ3) is 13.0. The molecule has 0 spiro atoms. The summed E-state index contributed by atoms with van der Waals surface area (Å²) in [6.45, 7) is 30.0. The molecule has 1 aliphatic rings. The lowest BCUT2D eigenvalue weighted by molar-refractivity contribution is -0.129. The van der Waals surface area contributed by atoms with Crippen LogP contribution in [0.5, 0.6) is 0 Å². The SMILES string of the molecule is CC.CC.CC.CC(C)(C)C(=O)NCCN(CCNC(=O)C(C)(C)C)C1CNC(=O)C1(C)C. The summed E-state index contributed by atoms with van der Waals surface area (Å²) in [5, 5.41) is 8.86. The summed E-state index contributed by atoms with van der Waals surface area (Å²) in [7, 11) is 0. The maximum atomic E-state index is 12.2. The Kier molecular flexibility index (Phi) is 18.4.